The van der Waals surface area contributed by atoms with Crippen LogP contribution >= 0.6 is 0 Å². The topological polar surface area (TPSA) is 57.2 Å². The normalized spacial score (nSPS) is 12.3. The summed E-state index contributed by atoms with van der Waals surface area (Å²) in [6, 6.07) is 7.03. The minimum atomic E-state index is 0.0909. The minimum Gasteiger partial charge on any atom is -0.507 e. The first-order valence-corrected chi connectivity index (χ1v) is 6.49. The van der Waals surface area contributed by atoms with E-state index in [0.717, 1.165) is 11.1 Å². The third kappa shape index (κ3) is 2.20. The molecule has 0 saturated heterocycles. The van der Waals surface area contributed by atoms with Crippen molar-refractivity contribution in [1.29, 1.82) is 0 Å². The number of fused-ring (bicyclic) bond motifs is 1. The zero-order valence-corrected chi connectivity index (χ0v) is 12.1. The number of phenols is 1. The van der Waals surface area contributed by atoms with Crippen molar-refractivity contribution in [3.63, 3.8) is 0 Å². The second kappa shape index (κ2) is 5.09. The largest absolute Gasteiger partial charge is 0.507 e. The highest BCUT2D eigenvalue weighted by Gasteiger charge is 2.21. The Morgan fingerprint density at radius 2 is 1.71 bits per heavy atom. The minimum absolute atomic E-state index is 0.0909. The lowest BCUT2D eigenvalue weighted by Gasteiger charge is -2.15. The first kappa shape index (κ1) is 13.4. The molecule has 2 aromatic rings. The summed E-state index contributed by atoms with van der Waals surface area (Å²) in [6.07, 6.45) is 0. The zero-order valence-electron chi connectivity index (χ0n) is 12.1. The molecule has 1 N–H and O–H groups in total. The SMILES string of the molecule is COc1cc(O)c(-c2cc3c(cc2C)OCO3)c(OC)c1. The number of ether oxygens (including phenoxy) is 4. The first-order valence-electron chi connectivity index (χ1n) is 6.49. The van der Waals surface area contributed by atoms with Crippen molar-refractivity contribution in [3.8, 4) is 39.9 Å². The molecule has 0 aliphatic carbocycles. The van der Waals surface area contributed by atoms with Gasteiger partial charge in [-0.15, -0.1) is 0 Å². The van der Waals surface area contributed by atoms with Gasteiger partial charge >= 0.3 is 0 Å². The summed E-state index contributed by atoms with van der Waals surface area (Å²) in [7, 11) is 3.10. The van der Waals surface area contributed by atoms with E-state index in [1.165, 1.54) is 0 Å². The Labute approximate surface area is 122 Å². The van der Waals surface area contributed by atoms with Gasteiger partial charge in [-0.25, -0.2) is 0 Å². The lowest BCUT2D eigenvalue weighted by atomic mass is 9.97. The van der Waals surface area contributed by atoms with Gasteiger partial charge in [-0.3, -0.25) is 0 Å². The maximum absolute atomic E-state index is 10.3. The number of aromatic hydroxyl groups is 1. The van der Waals surface area contributed by atoms with E-state index in [4.69, 9.17) is 18.9 Å². The summed E-state index contributed by atoms with van der Waals surface area (Å²) < 4.78 is 21.3. The fraction of sp³-hybridized carbons (Fsp3) is 0.250. The Kier molecular flexibility index (Phi) is 3.25. The maximum Gasteiger partial charge on any atom is 0.231 e. The summed E-state index contributed by atoms with van der Waals surface area (Å²) in [6.45, 7) is 2.16. The van der Waals surface area contributed by atoms with Crippen molar-refractivity contribution in [2.24, 2.45) is 0 Å². The molecule has 0 radical (unpaired) electrons. The van der Waals surface area contributed by atoms with Crippen LogP contribution in [0.4, 0.5) is 0 Å². The highest BCUT2D eigenvalue weighted by atomic mass is 16.7. The zero-order chi connectivity index (χ0) is 15.0. The third-order valence-corrected chi connectivity index (χ3v) is 3.50. The highest BCUT2D eigenvalue weighted by molar-refractivity contribution is 5.81. The Balaban J connectivity index is 2.21. The third-order valence-electron chi connectivity index (χ3n) is 3.50. The van der Waals surface area contributed by atoms with Crippen LogP contribution in [0.2, 0.25) is 0 Å². The molecule has 3 rings (SSSR count). The fourth-order valence-corrected chi connectivity index (χ4v) is 2.44. The van der Waals surface area contributed by atoms with Crippen LogP contribution in [0, 0.1) is 6.92 Å². The average Bonchev–Trinajstić information content (AvgIpc) is 2.92. The van der Waals surface area contributed by atoms with Gasteiger partial charge in [0.1, 0.15) is 17.2 Å². The van der Waals surface area contributed by atoms with Crippen LogP contribution in [0.25, 0.3) is 11.1 Å². The van der Waals surface area contributed by atoms with Gasteiger partial charge in [0.05, 0.1) is 19.8 Å². The van der Waals surface area contributed by atoms with E-state index in [9.17, 15) is 5.11 Å². The molecule has 0 aromatic heterocycles. The van der Waals surface area contributed by atoms with Crippen molar-refractivity contribution in [2.75, 3.05) is 21.0 Å². The molecule has 1 aliphatic rings. The number of methoxy groups -OCH3 is 2. The smallest absolute Gasteiger partial charge is 0.231 e. The predicted molar refractivity (Wildman–Crippen MR) is 77.5 cm³/mol. The lowest BCUT2D eigenvalue weighted by Crippen LogP contribution is -1.93. The van der Waals surface area contributed by atoms with Gasteiger partial charge in [0, 0.05) is 12.1 Å². The number of hydrogen-bond donors (Lipinski definition) is 1. The molecule has 0 spiro atoms. The molecule has 2 aromatic carbocycles. The van der Waals surface area contributed by atoms with Crippen molar-refractivity contribution in [3.05, 3.63) is 29.8 Å². The summed E-state index contributed by atoms with van der Waals surface area (Å²) in [5, 5.41) is 10.3. The van der Waals surface area contributed by atoms with E-state index in [0.29, 0.717) is 28.6 Å². The summed E-state index contributed by atoms with van der Waals surface area (Å²) in [4.78, 5) is 0. The number of phenolic OH excluding ortho intramolecular Hbond substituents is 1. The Hall–Kier alpha value is -2.56. The quantitative estimate of drug-likeness (QED) is 0.940. The van der Waals surface area contributed by atoms with Crippen LogP contribution in [0.5, 0.6) is 28.7 Å². The van der Waals surface area contributed by atoms with Gasteiger partial charge in [0.25, 0.3) is 0 Å². The Morgan fingerprint density at radius 3 is 2.38 bits per heavy atom. The maximum atomic E-state index is 10.3. The van der Waals surface area contributed by atoms with E-state index < -0.39 is 0 Å². The summed E-state index contributed by atoms with van der Waals surface area (Å²) in [5.41, 5.74) is 2.39. The van der Waals surface area contributed by atoms with Crippen molar-refractivity contribution in [2.45, 2.75) is 6.92 Å². The molecule has 21 heavy (non-hydrogen) atoms. The van der Waals surface area contributed by atoms with Gasteiger partial charge in [0.2, 0.25) is 6.79 Å². The van der Waals surface area contributed by atoms with E-state index in [1.54, 1.807) is 26.4 Å². The highest BCUT2D eigenvalue weighted by Crippen LogP contribution is 2.46. The van der Waals surface area contributed by atoms with Crippen LogP contribution in [0.3, 0.4) is 0 Å². The first-order chi connectivity index (χ1) is 10.1. The number of aryl methyl sites for hydroxylation is 1. The standard InChI is InChI=1S/C16H16O5/c1-9-4-13-14(21-8-20-13)7-11(9)16-12(17)5-10(18-2)6-15(16)19-3/h4-7,17H,8H2,1-3H3. The monoisotopic (exact) mass is 288 g/mol. The molecule has 5 nitrogen and oxygen atoms in total. The molecule has 1 heterocycles. The molecular weight excluding hydrogens is 272 g/mol. The van der Waals surface area contributed by atoms with Gasteiger partial charge in [-0.05, 0) is 30.2 Å². The molecule has 5 heteroatoms. The molecule has 0 fully saturated rings. The summed E-state index contributed by atoms with van der Waals surface area (Å²) in [5.74, 6) is 2.53. The van der Waals surface area contributed by atoms with E-state index in [2.05, 4.69) is 0 Å². The van der Waals surface area contributed by atoms with Gasteiger partial charge in [-0.1, -0.05) is 0 Å². The fourth-order valence-electron chi connectivity index (χ4n) is 2.44. The van der Waals surface area contributed by atoms with E-state index >= 15 is 0 Å². The number of hydrogen-bond acceptors (Lipinski definition) is 5. The van der Waals surface area contributed by atoms with Crippen molar-refractivity contribution in [1.82, 2.24) is 0 Å². The Bertz CT molecular complexity index is 694. The number of benzene rings is 2. The van der Waals surface area contributed by atoms with Gasteiger partial charge in [0.15, 0.2) is 11.5 Å². The van der Waals surface area contributed by atoms with Crippen LogP contribution in [0.1, 0.15) is 5.56 Å². The molecule has 0 amide bonds. The second-order valence-corrected chi connectivity index (χ2v) is 4.74. The molecule has 0 bridgehead atoms. The predicted octanol–water partition coefficient (Wildman–Crippen LogP) is 3.11. The van der Waals surface area contributed by atoms with Crippen LogP contribution in [-0.2, 0) is 0 Å². The molecule has 0 saturated carbocycles. The van der Waals surface area contributed by atoms with Crippen LogP contribution in [0.15, 0.2) is 24.3 Å². The van der Waals surface area contributed by atoms with Gasteiger partial charge in [-0.2, -0.15) is 0 Å². The van der Waals surface area contributed by atoms with Crippen LogP contribution < -0.4 is 18.9 Å². The van der Waals surface area contributed by atoms with Crippen molar-refractivity contribution < 1.29 is 24.1 Å². The second-order valence-electron chi connectivity index (χ2n) is 4.74. The van der Waals surface area contributed by atoms with Crippen LogP contribution in [-0.4, -0.2) is 26.1 Å². The van der Waals surface area contributed by atoms with E-state index in [-0.39, 0.29) is 12.5 Å². The van der Waals surface area contributed by atoms with Crippen molar-refractivity contribution >= 4 is 0 Å². The Morgan fingerprint density at radius 1 is 1.00 bits per heavy atom. The lowest BCUT2D eigenvalue weighted by molar-refractivity contribution is 0.174. The van der Waals surface area contributed by atoms with E-state index in [1.807, 2.05) is 19.1 Å². The molecule has 1 aliphatic heterocycles. The number of rotatable bonds is 3. The molecular formula is C16H16O5. The van der Waals surface area contributed by atoms with Gasteiger partial charge < -0.3 is 24.1 Å². The molecule has 0 unspecified atom stereocenters. The summed E-state index contributed by atoms with van der Waals surface area (Å²) >= 11 is 0. The molecule has 110 valence electrons. The average molecular weight is 288 g/mol. The molecule has 0 atom stereocenters.